The lowest BCUT2D eigenvalue weighted by Crippen LogP contribution is -2.33. The van der Waals surface area contributed by atoms with Gasteiger partial charge in [-0.25, -0.2) is 0 Å². The van der Waals surface area contributed by atoms with Gasteiger partial charge in [0.25, 0.3) is 5.91 Å². The molecule has 0 saturated heterocycles. The third kappa shape index (κ3) is 3.16. The molecule has 5 heteroatoms. The SMILES string of the molecule is CCn1c(C)cc(C(=O)N(C)C[C@@H](C)C(=O)O)c1C. The maximum Gasteiger partial charge on any atom is 0.308 e. The van der Waals surface area contributed by atoms with Crippen LogP contribution in [0.2, 0.25) is 0 Å². The number of carboxylic acid groups (broad SMARTS) is 1. The normalized spacial score (nSPS) is 12.3. The maximum absolute atomic E-state index is 12.3. The van der Waals surface area contributed by atoms with E-state index in [2.05, 4.69) is 4.57 Å². The lowest BCUT2D eigenvalue weighted by molar-refractivity contribution is -0.141. The molecule has 1 N–H and O–H groups in total. The molecule has 0 fully saturated rings. The fourth-order valence-corrected chi connectivity index (χ4v) is 2.28. The van der Waals surface area contributed by atoms with Gasteiger partial charge in [0.2, 0.25) is 0 Å². The van der Waals surface area contributed by atoms with Crippen LogP contribution in [0.5, 0.6) is 0 Å². The first-order valence-corrected chi connectivity index (χ1v) is 6.44. The Balaban J connectivity index is 2.92. The molecule has 1 rings (SSSR count). The quantitative estimate of drug-likeness (QED) is 0.885. The van der Waals surface area contributed by atoms with Crippen molar-refractivity contribution >= 4 is 11.9 Å². The highest BCUT2D eigenvalue weighted by Gasteiger charge is 2.21. The molecule has 1 atom stereocenters. The van der Waals surface area contributed by atoms with Gasteiger partial charge in [0.1, 0.15) is 0 Å². The number of carboxylic acids is 1. The monoisotopic (exact) mass is 266 g/mol. The number of hydrogen-bond donors (Lipinski definition) is 1. The molecule has 0 aromatic carbocycles. The first-order chi connectivity index (χ1) is 8.79. The third-order valence-corrected chi connectivity index (χ3v) is 3.44. The van der Waals surface area contributed by atoms with E-state index >= 15 is 0 Å². The first kappa shape index (κ1) is 15.3. The van der Waals surface area contributed by atoms with Crippen molar-refractivity contribution in [3.05, 3.63) is 23.0 Å². The van der Waals surface area contributed by atoms with Gasteiger partial charge >= 0.3 is 5.97 Å². The van der Waals surface area contributed by atoms with E-state index in [-0.39, 0.29) is 12.5 Å². The summed E-state index contributed by atoms with van der Waals surface area (Å²) in [7, 11) is 1.64. The number of aromatic nitrogens is 1. The average molecular weight is 266 g/mol. The van der Waals surface area contributed by atoms with Gasteiger partial charge in [-0.05, 0) is 26.8 Å². The predicted octanol–water partition coefficient (Wildman–Crippen LogP) is 1.92. The number of hydrogen-bond acceptors (Lipinski definition) is 2. The van der Waals surface area contributed by atoms with Crippen LogP contribution < -0.4 is 0 Å². The summed E-state index contributed by atoms with van der Waals surface area (Å²) in [5, 5.41) is 8.88. The Bertz CT molecular complexity index is 491. The molecule has 0 spiro atoms. The zero-order chi connectivity index (χ0) is 14.7. The number of aryl methyl sites for hydroxylation is 1. The molecular formula is C14H22N2O3. The van der Waals surface area contributed by atoms with Gasteiger partial charge in [0.05, 0.1) is 11.5 Å². The molecule has 106 valence electrons. The molecule has 19 heavy (non-hydrogen) atoms. The Morgan fingerprint density at radius 1 is 1.42 bits per heavy atom. The van der Waals surface area contributed by atoms with Crippen LogP contribution in [0.1, 0.15) is 35.6 Å². The molecule has 0 aliphatic rings. The summed E-state index contributed by atoms with van der Waals surface area (Å²) in [6.07, 6.45) is 0. The van der Waals surface area contributed by atoms with Crippen molar-refractivity contribution < 1.29 is 14.7 Å². The molecule has 0 saturated carbocycles. The van der Waals surface area contributed by atoms with Crippen molar-refractivity contribution in [3.8, 4) is 0 Å². The fraction of sp³-hybridized carbons (Fsp3) is 0.571. The van der Waals surface area contributed by atoms with E-state index in [1.54, 1.807) is 14.0 Å². The largest absolute Gasteiger partial charge is 0.481 e. The zero-order valence-corrected chi connectivity index (χ0v) is 12.2. The summed E-state index contributed by atoms with van der Waals surface area (Å²) in [5.41, 5.74) is 2.63. The molecule has 1 aromatic heterocycles. The standard InChI is InChI=1S/C14H22N2O3/c1-6-16-10(3)7-12(11(16)4)13(17)15(5)8-9(2)14(18)19/h7,9H,6,8H2,1-5H3,(H,18,19)/t9-/m1/s1. The summed E-state index contributed by atoms with van der Waals surface area (Å²) >= 11 is 0. The minimum absolute atomic E-state index is 0.124. The van der Waals surface area contributed by atoms with E-state index in [0.717, 1.165) is 17.9 Å². The Morgan fingerprint density at radius 2 is 2.00 bits per heavy atom. The summed E-state index contributed by atoms with van der Waals surface area (Å²) < 4.78 is 2.07. The molecule has 5 nitrogen and oxygen atoms in total. The van der Waals surface area contributed by atoms with Crippen molar-refractivity contribution in [2.24, 2.45) is 5.92 Å². The lowest BCUT2D eigenvalue weighted by atomic mass is 10.1. The summed E-state index contributed by atoms with van der Waals surface area (Å²) in [4.78, 5) is 24.6. The summed E-state index contributed by atoms with van der Waals surface area (Å²) in [6.45, 7) is 8.54. The number of carbonyl (C=O) groups excluding carboxylic acids is 1. The molecule has 1 amide bonds. The van der Waals surface area contributed by atoms with Gasteiger partial charge in [0.15, 0.2) is 0 Å². The van der Waals surface area contributed by atoms with Gasteiger partial charge in [-0.1, -0.05) is 6.92 Å². The summed E-state index contributed by atoms with van der Waals surface area (Å²) in [6, 6.07) is 1.86. The second-order valence-corrected chi connectivity index (χ2v) is 4.95. The van der Waals surface area contributed by atoms with E-state index in [4.69, 9.17) is 5.11 Å². The number of aliphatic carboxylic acids is 1. The topological polar surface area (TPSA) is 62.5 Å². The van der Waals surface area contributed by atoms with E-state index in [9.17, 15) is 9.59 Å². The van der Waals surface area contributed by atoms with Gasteiger partial charge < -0.3 is 14.6 Å². The zero-order valence-electron chi connectivity index (χ0n) is 12.2. The molecule has 0 radical (unpaired) electrons. The van der Waals surface area contributed by atoms with Crippen LogP contribution in [0.25, 0.3) is 0 Å². The van der Waals surface area contributed by atoms with Gasteiger partial charge in [-0.15, -0.1) is 0 Å². The van der Waals surface area contributed by atoms with Crippen LogP contribution in [0.15, 0.2) is 6.07 Å². The van der Waals surface area contributed by atoms with Crippen LogP contribution in [0, 0.1) is 19.8 Å². The van der Waals surface area contributed by atoms with Crippen LogP contribution in [0.3, 0.4) is 0 Å². The highest BCUT2D eigenvalue weighted by molar-refractivity contribution is 5.95. The number of rotatable bonds is 5. The Kier molecular flexibility index (Phi) is 4.75. The van der Waals surface area contributed by atoms with Crippen molar-refractivity contribution in [3.63, 3.8) is 0 Å². The molecule has 0 aliphatic heterocycles. The molecule has 1 heterocycles. The van der Waals surface area contributed by atoms with E-state index < -0.39 is 11.9 Å². The van der Waals surface area contributed by atoms with Crippen molar-refractivity contribution in [1.82, 2.24) is 9.47 Å². The smallest absolute Gasteiger partial charge is 0.308 e. The highest BCUT2D eigenvalue weighted by Crippen LogP contribution is 2.17. The van der Waals surface area contributed by atoms with E-state index in [1.807, 2.05) is 26.8 Å². The van der Waals surface area contributed by atoms with Gasteiger partial charge in [-0.2, -0.15) is 0 Å². The lowest BCUT2D eigenvalue weighted by Gasteiger charge is -2.19. The number of carbonyl (C=O) groups is 2. The van der Waals surface area contributed by atoms with Crippen LogP contribution >= 0.6 is 0 Å². The third-order valence-electron chi connectivity index (χ3n) is 3.44. The fourth-order valence-electron chi connectivity index (χ4n) is 2.28. The van der Waals surface area contributed by atoms with Crippen molar-refractivity contribution in [2.45, 2.75) is 34.2 Å². The van der Waals surface area contributed by atoms with Crippen LogP contribution in [-0.4, -0.2) is 40.0 Å². The number of nitrogens with zero attached hydrogens (tertiary/aromatic N) is 2. The van der Waals surface area contributed by atoms with E-state index in [0.29, 0.717) is 5.56 Å². The van der Waals surface area contributed by atoms with Crippen molar-refractivity contribution in [1.29, 1.82) is 0 Å². The number of amides is 1. The minimum Gasteiger partial charge on any atom is -0.481 e. The Hall–Kier alpha value is -1.78. The molecule has 0 bridgehead atoms. The van der Waals surface area contributed by atoms with Gasteiger partial charge in [0, 0.05) is 31.5 Å². The first-order valence-electron chi connectivity index (χ1n) is 6.44. The highest BCUT2D eigenvalue weighted by atomic mass is 16.4. The second-order valence-electron chi connectivity index (χ2n) is 4.95. The van der Waals surface area contributed by atoms with Crippen LogP contribution in [0.4, 0.5) is 0 Å². The molecule has 0 aliphatic carbocycles. The van der Waals surface area contributed by atoms with Crippen molar-refractivity contribution in [2.75, 3.05) is 13.6 Å². The van der Waals surface area contributed by atoms with E-state index in [1.165, 1.54) is 4.90 Å². The molecule has 0 unspecified atom stereocenters. The molecular weight excluding hydrogens is 244 g/mol. The van der Waals surface area contributed by atoms with Crippen LogP contribution in [-0.2, 0) is 11.3 Å². The average Bonchev–Trinajstić information content (AvgIpc) is 2.63. The molecule has 1 aromatic rings. The second kappa shape index (κ2) is 5.91. The summed E-state index contributed by atoms with van der Waals surface area (Å²) in [5.74, 6) is -1.58. The maximum atomic E-state index is 12.3. The Labute approximate surface area is 113 Å². The minimum atomic E-state index is -0.890. The Morgan fingerprint density at radius 3 is 2.42 bits per heavy atom. The predicted molar refractivity (Wildman–Crippen MR) is 73.3 cm³/mol. The van der Waals surface area contributed by atoms with Gasteiger partial charge in [-0.3, -0.25) is 9.59 Å².